The van der Waals surface area contributed by atoms with E-state index in [0.717, 1.165) is 17.0 Å². The van der Waals surface area contributed by atoms with E-state index in [4.69, 9.17) is 27.9 Å². The van der Waals surface area contributed by atoms with Crippen LogP contribution < -0.4 is 10.9 Å². The Labute approximate surface area is 178 Å². The Morgan fingerprint density at radius 3 is 2.38 bits per heavy atom. The number of ether oxygens (including phenoxy) is 1. The molecule has 2 aromatic heterocycles. The molecule has 0 spiro atoms. The highest BCUT2D eigenvalue weighted by Crippen LogP contribution is 2.32. The molecule has 0 saturated heterocycles. The van der Waals surface area contributed by atoms with Crippen LogP contribution in [0.4, 0.5) is 5.69 Å². The molecule has 2 heterocycles. The zero-order valence-electron chi connectivity index (χ0n) is 16.5. The molecule has 0 bridgehead atoms. The molecule has 152 valence electrons. The number of methoxy groups -OCH3 is 1. The van der Waals surface area contributed by atoms with Gasteiger partial charge in [-0.1, -0.05) is 35.3 Å². The third-order valence-corrected chi connectivity index (χ3v) is 5.38. The van der Waals surface area contributed by atoms with E-state index < -0.39 is 12.0 Å². The lowest BCUT2D eigenvalue weighted by Crippen LogP contribution is -2.22. The first kappa shape index (κ1) is 21.0. The molecule has 3 rings (SSSR count). The van der Waals surface area contributed by atoms with Gasteiger partial charge in [-0.05, 0) is 36.8 Å². The molecule has 0 aliphatic rings. The number of aryl methyl sites for hydroxylation is 2. The molecule has 0 aliphatic carbocycles. The van der Waals surface area contributed by atoms with Crippen molar-refractivity contribution in [3.05, 3.63) is 85.5 Å². The maximum absolute atomic E-state index is 12.4. The monoisotopic (exact) mass is 433 g/mol. The van der Waals surface area contributed by atoms with Gasteiger partial charge >= 0.3 is 5.97 Å². The predicted octanol–water partition coefficient (Wildman–Crippen LogP) is 4.33. The molecule has 1 unspecified atom stereocenters. The fourth-order valence-corrected chi connectivity index (χ4v) is 3.63. The van der Waals surface area contributed by atoms with Crippen LogP contribution >= 0.6 is 23.2 Å². The molecule has 1 aromatic carbocycles. The summed E-state index contributed by atoms with van der Waals surface area (Å²) in [5, 5.41) is 4.10. The Bertz CT molecular complexity index is 1090. The highest BCUT2D eigenvalue weighted by Gasteiger charge is 2.26. The summed E-state index contributed by atoms with van der Waals surface area (Å²) in [5.74, 6) is -0.428. The number of esters is 1. The van der Waals surface area contributed by atoms with Crippen molar-refractivity contribution in [3.8, 4) is 0 Å². The second-order valence-corrected chi connectivity index (χ2v) is 7.60. The van der Waals surface area contributed by atoms with E-state index in [-0.39, 0.29) is 10.6 Å². The quantitative estimate of drug-likeness (QED) is 0.608. The van der Waals surface area contributed by atoms with Gasteiger partial charge in [0.2, 0.25) is 0 Å². The lowest BCUT2D eigenvalue weighted by Gasteiger charge is -2.23. The number of hydrogen-bond donors (Lipinski definition) is 1. The highest BCUT2D eigenvalue weighted by molar-refractivity contribution is 6.30. The Morgan fingerprint density at radius 1 is 1.14 bits per heavy atom. The Hall–Kier alpha value is -2.70. The maximum Gasteiger partial charge on any atom is 0.339 e. The number of carbonyl (C=O) groups excluding carboxylic acids is 1. The van der Waals surface area contributed by atoms with Crippen LogP contribution in [0, 0.1) is 6.92 Å². The summed E-state index contributed by atoms with van der Waals surface area (Å²) in [6, 6.07) is 10.3. The second kappa shape index (κ2) is 8.35. The minimum Gasteiger partial charge on any atom is -0.465 e. The van der Waals surface area contributed by atoms with Crippen LogP contribution in [-0.4, -0.2) is 22.2 Å². The number of nitrogens with one attached hydrogen (secondary N) is 1. The minimum absolute atomic E-state index is 0.101. The van der Waals surface area contributed by atoms with E-state index in [2.05, 4.69) is 5.32 Å². The number of pyridine rings is 1. The van der Waals surface area contributed by atoms with Gasteiger partial charge in [0.05, 0.1) is 30.1 Å². The summed E-state index contributed by atoms with van der Waals surface area (Å²) in [6.45, 7) is 1.91. The van der Waals surface area contributed by atoms with Crippen LogP contribution in [-0.2, 0) is 18.8 Å². The van der Waals surface area contributed by atoms with E-state index in [0.29, 0.717) is 16.3 Å². The number of rotatable bonds is 5. The fourth-order valence-electron chi connectivity index (χ4n) is 3.25. The summed E-state index contributed by atoms with van der Waals surface area (Å²) in [4.78, 5) is 24.4. The summed E-state index contributed by atoms with van der Waals surface area (Å²) >= 11 is 12.2. The molecule has 6 nitrogen and oxygen atoms in total. The van der Waals surface area contributed by atoms with Crippen molar-refractivity contribution in [2.45, 2.75) is 13.0 Å². The van der Waals surface area contributed by atoms with Crippen LogP contribution in [0.5, 0.6) is 0 Å². The third-order valence-electron chi connectivity index (χ3n) is 4.85. The lowest BCUT2D eigenvalue weighted by atomic mass is 10.00. The number of halogens is 2. The summed E-state index contributed by atoms with van der Waals surface area (Å²) in [7, 11) is 4.87. The van der Waals surface area contributed by atoms with Crippen molar-refractivity contribution in [2.24, 2.45) is 14.1 Å². The van der Waals surface area contributed by atoms with Gasteiger partial charge in [-0.25, -0.2) is 4.79 Å². The van der Waals surface area contributed by atoms with Gasteiger partial charge in [0.25, 0.3) is 5.56 Å². The van der Waals surface area contributed by atoms with Crippen LogP contribution in [0.2, 0.25) is 10.0 Å². The van der Waals surface area contributed by atoms with E-state index >= 15 is 0 Å². The van der Waals surface area contributed by atoms with Gasteiger partial charge in [-0.3, -0.25) is 4.79 Å². The first-order valence-corrected chi connectivity index (χ1v) is 9.61. The van der Waals surface area contributed by atoms with Crippen LogP contribution in [0.15, 0.2) is 47.4 Å². The predicted molar refractivity (Wildman–Crippen MR) is 115 cm³/mol. The van der Waals surface area contributed by atoms with Gasteiger partial charge in [0.1, 0.15) is 5.02 Å². The molecule has 29 heavy (non-hydrogen) atoms. The number of anilines is 1. The topological polar surface area (TPSA) is 65.3 Å². The Balaban J connectivity index is 2.19. The van der Waals surface area contributed by atoms with Crippen molar-refractivity contribution >= 4 is 34.9 Å². The van der Waals surface area contributed by atoms with Gasteiger partial charge in [-0.2, -0.15) is 0 Å². The van der Waals surface area contributed by atoms with Crippen LogP contribution in [0.25, 0.3) is 0 Å². The first-order chi connectivity index (χ1) is 13.7. The van der Waals surface area contributed by atoms with Gasteiger partial charge in [0, 0.05) is 31.0 Å². The number of benzene rings is 1. The largest absolute Gasteiger partial charge is 0.465 e. The number of hydrogen-bond acceptors (Lipinski definition) is 4. The Kier molecular flexibility index (Phi) is 6.05. The first-order valence-electron chi connectivity index (χ1n) is 8.85. The molecule has 0 amide bonds. The molecule has 0 radical (unpaired) electrons. The molecular formula is C21H21Cl2N3O3. The molecule has 1 atom stereocenters. The van der Waals surface area contributed by atoms with Crippen molar-refractivity contribution in [1.82, 2.24) is 9.13 Å². The zero-order chi connectivity index (χ0) is 21.3. The van der Waals surface area contributed by atoms with Gasteiger partial charge in [-0.15, -0.1) is 0 Å². The number of carbonyl (C=O) groups is 1. The average molecular weight is 434 g/mol. The zero-order valence-corrected chi connectivity index (χ0v) is 18.0. The van der Waals surface area contributed by atoms with Crippen LogP contribution in [0.1, 0.15) is 33.4 Å². The molecular weight excluding hydrogens is 413 g/mol. The van der Waals surface area contributed by atoms with Crippen molar-refractivity contribution in [3.63, 3.8) is 0 Å². The highest BCUT2D eigenvalue weighted by atomic mass is 35.5. The van der Waals surface area contributed by atoms with E-state index in [1.165, 1.54) is 11.7 Å². The van der Waals surface area contributed by atoms with E-state index in [1.54, 1.807) is 37.5 Å². The molecule has 8 heteroatoms. The molecule has 0 saturated carbocycles. The smallest absolute Gasteiger partial charge is 0.339 e. The van der Waals surface area contributed by atoms with Crippen molar-refractivity contribution in [2.75, 3.05) is 12.4 Å². The van der Waals surface area contributed by atoms with E-state index in [1.807, 2.05) is 30.7 Å². The molecule has 0 aliphatic heterocycles. The van der Waals surface area contributed by atoms with Gasteiger partial charge < -0.3 is 19.2 Å². The van der Waals surface area contributed by atoms with Crippen molar-refractivity contribution < 1.29 is 9.53 Å². The summed E-state index contributed by atoms with van der Waals surface area (Å²) in [5.41, 5.74) is 3.31. The van der Waals surface area contributed by atoms with Crippen LogP contribution in [0.3, 0.4) is 0 Å². The normalized spacial score (nSPS) is 11.9. The lowest BCUT2D eigenvalue weighted by molar-refractivity contribution is 0.0599. The maximum atomic E-state index is 12.4. The van der Waals surface area contributed by atoms with E-state index in [9.17, 15) is 9.59 Å². The SMILES string of the molecule is COC(=O)c1cc(C)n(C)c1C(Nc1cc(Cl)c(=O)n(C)c1)c1ccc(Cl)cc1. The number of nitrogens with zero attached hydrogens (tertiary/aromatic N) is 2. The Morgan fingerprint density at radius 2 is 1.79 bits per heavy atom. The molecule has 3 aromatic rings. The second-order valence-electron chi connectivity index (χ2n) is 6.76. The standard InChI is InChI=1S/C21H21Cl2N3O3/c1-12-9-16(21(28)29-4)19(26(12)3)18(13-5-7-14(22)8-6-13)24-15-10-17(23)20(27)25(2)11-15/h5-11,18,24H,1-4H3. The molecule has 1 N–H and O–H groups in total. The molecule has 0 fully saturated rings. The summed E-state index contributed by atoms with van der Waals surface area (Å²) < 4.78 is 8.32. The van der Waals surface area contributed by atoms with Gasteiger partial charge in [0.15, 0.2) is 0 Å². The summed E-state index contributed by atoms with van der Waals surface area (Å²) in [6.07, 6.45) is 1.66. The number of aromatic nitrogens is 2. The minimum atomic E-state index is -0.428. The third kappa shape index (κ3) is 4.18. The van der Waals surface area contributed by atoms with Crippen molar-refractivity contribution in [1.29, 1.82) is 0 Å². The fraction of sp³-hybridized carbons (Fsp3) is 0.238. The average Bonchev–Trinajstić information content (AvgIpc) is 2.99.